The van der Waals surface area contributed by atoms with Crippen LogP contribution in [0.4, 0.5) is 5.82 Å². The molecule has 1 aliphatic heterocycles. The highest BCUT2D eigenvalue weighted by molar-refractivity contribution is 6.01. The second-order valence-corrected chi connectivity index (χ2v) is 10.4. The Hall–Kier alpha value is -3.61. The van der Waals surface area contributed by atoms with Gasteiger partial charge in [-0.2, -0.15) is 5.10 Å². The van der Waals surface area contributed by atoms with Crippen LogP contribution in [0.5, 0.6) is 0 Å². The van der Waals surface area contributed by atoms with E-state index in [0.717, 1.165) is 17.8 Å². The maximum Gasteiger partial charge on any atom is 0.338 e. The van der Waals surface area contributed by atoms with Crippen molar-refractivity contribution < 1.29 is 14.3 Å². The molecule has 7 heteroatoms. The molecule has 3 aromatic rings. The van der Waals surface area contributed by atoms with Crippen molar-refractivity contribution in [1.29, 1.82) is 0 Å². The molecule has 2 heterocycles. The quantitative estimate of drug-likeness (QED) is 0.363. The lowest BCUT2D eigenvalue weighted by Gasteiger charge is -2.38. The molecule has 2 aromatic carbocycles. The molecule has 1 aliphatic rings. The summed E-state index contributed by atoms with van der Waals surface area (Å²) in [5.74, 6) is 0.244. The lowest BCUT2D eigenvalue weighted by molar-refractivity contribution is 0.0526. The standard InChI is InChI=1S/C30H38N4O3/c1-7-30(8-2,23-17-15-22(16-18-23)28(36)37-9-3)32-27(35)25-20(4)33-34-26(25)31-24(19-29(34,5)6)21-13-11-10-12-14-21/h10-18,24,31H,7-9,19H2,1-6H3,(H,32,35). The summed E-state index contributed by atoms with van der Waals surface area (Å²) < 4.78 is 7.08. The van der Waals surface area contributed by atoms with Gasteiger partial charge in [0.15, 0.2) is 0 Å². The zero-order chi connectivity index (χ0) is 26.8. The van der Waals surface area contributed by atoms with Gasteiger partial charge in [0.05, 0.1) is 35.0 Å². The van der Waals surface area contributed by atoms with Gasteiger partial charge in [0, 0.05) is 0 Å². The first-order valence-electron chi connectivity index (χ1n) is 13.2. The molecular formula is C30H38N4O3. The van der Waals surface area contributed by atoms with Crippen molar-refractivity contribution in [3.8, 4) is 0 Å². The van der Waals surface area contributed by atoms with Crippen molar-refractivity contribution >= 4 is 17.7 Å². The number of aromatic nitrogens is 2. The number of hydrogen-bond donors (Lipinski definition) is 2. The van der Waals surface area contributed by atoms with Crippen LogP contribution < -0.4 is 10.6 Å². The van der Waals surface area contributed by atoms with Crippen LogP contribution in [-0.4, -0.2) is 28.3 Å². The summed E-state index contributed by atoms with van der Waals surface area (Å²) in [7, 11) is 0. The summed E-state index contributed by atoms with van der Waals surface area (Å²) in [5, 5.41) is 11.8. The van der Waals surface area contributed by atoms with Crippen molar-refractivity contribution in [3.63, 3.8) is 0 Å². The van der Waals surface area contributed by atoms with Crippen LogP contribution in [0.15, 0.2) is 54.6 Å². The number of carbonyl (C=O) groups excluding carboxylic acids is 2. The zero-order valence-electron chi connectivity index (χ0n) is 22.7. The summed E-state index contributed by atoms with van der Waals surface area (Å²) in [6, 6.07) is 17.7. The van der Waals surface area contributed by atoms with E-state index in [4.69, 9.17) is 9.84 Å². The predicted octanol–water partition coefficient (Wildman–Crippen LogP) is 6.11. The largest absolute Gasteiger partial charge is 0.462 e. The Morgan fingerprint density at radius 3 is 2.32 bits per heavy atom. The van der Waals surface area contributed by atoms with Gasteiger partial charge in [0.1, 0.15) is 11.4 Å². The number of esters is 1. The normalized spacial score (nSPS) is 16.4. The van der Waals surface area contributed by atoms with Gasteiger partial charge in [-0.25, -0.2) is 9.48 Å². The van der Waals surface area contributed by atoms with Crippen LogP contribution in [0, 0.1) is 6.92 Å². The summed E-state index contributed by atoms with van der Waals surface area (Å²) in [5.41, 5.74) is 3.05. The molecule has 4 rings (SSSR count). The first-order valence-corrected chi connectivity index (χ1v) is 13.2. The number of aryl methyl sites for hydroxylation is 1. The molecule has 0 aliphatic carbocycles. The van der Waals surface area contributed by atoms with Crippen LogP contribution >= 0.6 is 0 Å². The molecule has 0 spiro atoms. The molecule has 1 amide bonds. The number of anilines is 1. The number of hydrogen-bond acceptors (Lipinski definition) is 5. The Morgan fingerprint density at radius 2 is 1.73 bits per heavy atom. The molecular weight excluding hydrogens is 464 g/mol. The number of nitrogens with zero attached hydrogens (tertiary/aromatic N) is 2. The van der Waals surface area contributed by atoms with Crippen LogP contribution in [-0.2, 0) is 15.8 Å². The Kier molecular flexibility index (Phi) is 7.44. The zero-order valence-corrected chi connectivity index (χ0v) is 22.7. The fourth-order valence-electron chi connectivity index (χ4n) is 5.39. The fraction of sp³-hybridized carbons (Fsp3) is 0.433. The fourth-order valence-corrected chi connectivity index (χ4v) is 5.39. The Labute approximate surface area is 219 Å². The Bertz CT molecular complexity index is 1260. The van der Waals surface area contributed by atoms with Crippen molar-refractivity contribution in [3.05, 3.63) is 82.5 Å². The number of fused-ring (bicyclic) bond motifs is 1. The van der Waals surface area contributed by atoms with Crippen molar-refractivity contribution in [1.82, 2.24) is 15.1 Å². The maximum absolute atomic E-state index is 13.9. The lowest BCUT2D eigenvalue weighted by atomic mass is 9.84. The molecule has 0 radical (unpaired) electrons. The summed E-state index contributed by atoms with van der Waals surface area (Å²) in [6.45, 7) is 12.5. The van der Waals surface area contributed by atoms with Crippen LogP contribution in [0.3, 0.4) is 0 Å². The second kappa shape index (κ2) is 10.4. The topological polar surface area (TPSA) is 85.2 Å². The minimum atomic E-state index is -0.589. The highest BCUT2D eigenvalue weighted by Gasteiger charge is 2.39. The third kappa shape index (κ3) is 4.99. The molecule has 0 saturated carbocycles. The summed E-state index contributed by atoms with van der Waals surface area (Å²) in [4.78, 5) is 26.1. The third-order valence-electron chi connectivity index (χ3n) is 7.59. The van der Waals surface area contributed by atoms with Gasteiger partial charge in [0.25, 0.3) is 5.91 Å². The van der Waals surface area contributed by atoms with Crippen LogP contribution in [0.1, 0.15) is 97.5 Å². The monoisotopic (exact) mass is 502 g/mol. The molecule has 1 aromatic heterocycles. The van der Waals surface area contributed by atoms with E-state index >= 15 is 0 Å². The minimum absolute atomic E-state index is 0.0730. The Balaban J connectivity index is 1.67. The lowest BCUT2D eigenvalue weighted by Crippen LogP contribution is -2.45. The molecule has 196 valence electrons. The van der Waals surface area contributed by atoms with E-state index in [2.05, 4.69) is 50.5 Å². The van der Waals surface area contributed by atoms with E-state index in [-0.39, 0.29) is 23.5 Å². The van der Waals surface area contributed by atoms with Gasteiger partial charge < -0.3 is 15.4 Å². The number of nitrogens with one attached hydrogen (secondary N) is 2. The molecule has 37 heavy (non-hydrogen) atoms. The van der Waals surface area contributed by atoms with Gasteiger partial charge in [-0.1, -0.05) is 56.3 Å². The molecule has 0 fully saturated rings. The number of ether oxygens (including phenoxy) is 1. The maximum atomic E-state index is 13.9. The first-order chi connectivity index (χ1) is 17.7. The SMILES string of the molecule is CCOC(=O)c1ccc(C(CC)(CC)NC(=O)c2c(C)nn3c2NC(c2ccccc2)CC3(C)C)cc1. The average Bonchev–Trinajstić information content (AvgIpc) is 3.25. The van der Waals surface area contributed by atoms with Crippen LogP contribution in [0.25, 0.3) is 0 Å². The van der Waals surface area contributed by atoms with E-state index < -0.39 is 5.54 Å². The van der Waals surface area contributed by atoms with E-state index in [1.807, 2.05) is 41.9 Å². The number of benzene rings is 2. The molecule has 7 nitrogen and oxygen atoms in total. The van der Waals surface area contributed by atoms with E-state index in [0.29, 0.717) is 36.3 Å². The molecule has 0 saturated heterocycles. The van der Waals surface area contributed by atoms with Gasteiger partial charge in [-0.15, -0.1) is 0 Å². The van der Waals surface area contributed by atoms with E-state index in [1.54, 1.807) is 19.1 Å². The second-order valence-electron chi connectivity index (χ2n) is 10.4. The molecule has 1 atom stereocenters. The summed E-state index contributed by atoms with van der Waals surface area (Å²) in [6.07, 6.45) is 2.25. The Morgan fingerprint density at radius 1 is 1.08 bits per heavy atom. The van der Waals surface area contributed by atoms with E-state index in [9.17, 15) is 9.59 Å². The highest BCUT2D eigenvalue weighted by atomic mass is 16.5. The minimum Gasteiger partial charge on any atom is -0.462 e. The van der Waals surface area contributed by atoms with Crippen molar-refractivity contribution in [2.24, 2.45) is 0 Å². The third-order valence-corrected chi connectivity index (χ3v) is 7.59. The number of amides is 1. The van der Waals surface area contributed by atoms with Gasteiger partial charge in [0.2, 0.25) is 0 Å². The van der Waals surface area contributed by atoms with Crippen molar-refractivity contribution in [2.75, 3.05) is 11.9 Å². The predicted molar refractivity (Wildman–Crippen MR) is 146 cm³/mol. The number of rotatable bonds is 8. The van der Waals surface area contributed by atoms with Crippen LogP contribution in [0.2, 0.25) is 0 Å². The first kappa shape index (κ1) is 26.5. The molecule has 0 bridgehead atoms. The van der Waals surface area contributed by atoms with Gasteiger partial charge >= 0.3 is 5.97 Å². The van der Waals surface area contributed by atoms with Gasteiger partial charge in [-0.3, -0.25) is 4.79 Å². The highest BCUT2D eigenvalue weighted by Crippen LogP contribution is 2.41. The molecule has 1 unspecified atom stereocenters. The van der Waals surface area contributed by atoms with Crippen molar-refractivity contribution in [2.45, 2.75) is 77.9 Å². The molecule has 2 N–H and O–H groups in total. The average molecular weight is 503 g/mol. The van der Waals surface area contributed by atoms with E-state index in [1.165, 1.54) is 5.56 Å². The number of carbonyl (C=O) groups is 2. The summed E-state index contributed by atoms with van der Waals surface area (Å²) >= 11 is 0. The smallest absolute Gasteiger partial charge is 0.338 e. The van der Waals surface area contributed by atoms with Gasteiger partial charge in [-0.05, 0) is 70.2 Å².